The largest absolute Gasteiger partial charge is 0.362 e. The molecule has 2 aromatic rings. The van der Waals surface area contributed by atoms with Gasteiger partial charge in [-0.3, -0.25) is 4.98 Å². The van der Waals surface area contributed by atoms with Crippen LogP contribution in [0.2, 0.25) is 10.0 Å². The van der Waals surface area contributed by atoms with Crippen LogP contribution >= 0.6 is 23.2 Å². The van der Waals surface area contributed by atoms with E-state index in [1.54, 1.807) is 12.3 Å². The number of aromatic nitrogens is 1. The second-order valence-corrected chi connectivity index (χ2v) is 5.96. The average Bonchev–Trinajstić information content (AvgIpc) is 2.45. The first-order valence-electron chi connectivity index (χ1n) is 6.78. The van der Waals surface area contributed by atoms with E-state index in [0.29, 0.717) is 10.0 Å². The van der Waals surface area contributed by atoms with E-state index in [1.807, 2.05) is 24.4 Å². The summed E-state index contributed by atoms with van der Waals surface area (Å²) in [5.74, 6) is 0. The Balaban J connectivity index is 2.29. The molecule has 0 atom stereocenters. The zero-order valence-electron chi connectivity index (χ0n) is 12.2. The molecule has 0 N–H and O–H groups in total. The maximum atomic E-state index is 6.34. The number of anilines is 1. The number of hydrogen-bond acceptors (Lipinski definition) is 2. The first-order chi connectivity index (χ1) is 10.1. The van der Waals surface area contributed by atoms with Gasteiger partial charge in [0.05, 0.1) is 10.7 Å². The fourth-order valence-electron chi connectivity index (χ4n) is 1.99. The molecule has 0 amide bonds. The van der Waals surface area contributed by atoms with Crippen LogP contribution in [0.1, 0.15) is 19.4 Å². The van der Waals surface area contributed by atoms with Gasteiger partial charge in [-0.2, -0.15) is 0 Å². The van der Waals surface area contributed by atoms with Crippen molar-refractivity contribution in [3.8, 4) is 0 Å². The second kappa shape index (κ2) is 7.48. The highest BCUT2D eigenvalue weighted by Crippen LogP contribution is 2.29. The van der Waals surface area contributed by atoms with Crippen molar-refractivity contribution in [1.82, 2.24) is 4.98 Å². The van der Waals surface area contributed by atoms with Crippen LogP contribution in [0, 0.1) is 0 Å². The summed E-state index contributed by atoms with van der Waals surface area (Å²) in [7, 11) is 0. The third-order valence-electron chi connectivity index (χ3n) is 3.07. The van der Waals surface area contributed by atoms with E-state index in [0.717, 1.165) is 24.3 Å². The Morgan fingerprint density at radius 1 is 1.24 bits per heavy atom. The number of hydrogen-bond donors (Lipinski definition) is 0. The molecule has 1 aromatic carbocycles. The van der Waals surface area contributed by atoms with Crippen molar-refractivity contribution < 1.29 is 0 Å². The van der Waals surface area contributed by atoms with Crippen molar-refractivity contribution in [1.29, 1.82) is 0 Å². The van der Waals surface area contributed by atoms with Crippen LogP contribution in [0.4, 0.5) is 5.69 Å². The Labute approximate surface area is 136 Å². The quantitative estimate of drug-likeness (QED) is 0.689. The number of allylic oxidation sites excluding steroid dienone is 1. The molecule has 2 nitrogen and oxygen atoms in total. The highest BCUT2D eigenvalue weighted by molar-refractivity contribution is 6.36. The van der Waals surface area contributed by atoms with Gasteiger partial charge in [0.15, 0.2) is 0 Å². The molecule has 21 heavy (non-hydrogen) atoms. The number of benzene rings is 1. The summed E-state index contributed by atoms with van der Waals surface area (Å²) in [6.07, 6.45) is 5.83. The van der Waals surface area contributed by atoms with Gasteiger partial charge in [-0.05, 0) is 43.7 Å². The summed E-state index contributed by atoms with van der Waals surface area (Å²) < 4.78 is 0. The van der Waals surface area contributed by atoms with Gasteiger partial charge in [0.1, 0.15) is 0 Å². The molecule has 0 radical (unpaired) electrons. The van der Waals surface area contributed by atoms with Gasteiger partial charge in [0, 0.05) is 30.5 Å². The predicted octanol–water partition coefficient (Wildman–Crippen LogP) is 5.36. The SMILES string of the molecule is CC(C)=CCN(Cc1cccnc1)c1ccc(Cl)cc1Cl. The lowest BCUT2D eigenvalue weighted by atomic mass is 10.2. The minimum atomic E-state index is 0.646. The zero-order chi connectivity index (χ0) is 15.2. The topological polar surface area (TPSA) is 16.1 Å². The predicted molar refractivity (Wildman–Crippen MR) is 91.2 cm³/mol. The lowest BCUT2D eigenvalue weighted by Crippen LogP contribution is -2.23. The lowest BCUT2D eigenvalue weighted by molar-refractivity contribution is 0.858. The van der Waals surface area contributed by atoms with Crippen LogP contribution in [0.5, 0.6) is 0 Å². The molecule has 0 aliphatic carbocycles. The molecule has 0 saturated carbocycles. The summed E-state index contributed by atoms with van der Waals surface area (Å²) in [6, 6.07) is 9.60. The van der Waals surface area contributed by atoms with Gasteiger partial charge in [0.2, 0.25) is 0 Å². The Hall–Kier alpha value is -1.51. The van der Waals surface area contributed by atoms with Gasteiger partial charge >= 0.3 is 0 Å². The first-order valence-corrected chi connectivity index (χ1v) is 7.54. The van der Waals surface area contributed by atoms with Crippen LogP contribution in [0.15, 0.2) is 54.4 Å². The van der Waals surface area contributed by atoms with Crippen LogP contribution in [-0.2, 0) is 6.54 Å². The zero-order valence-corrected chi connectivity index (χ0v) is 13.7. The second-order valence-electron chi connectivity index (χ2n) is 5.12. The molecule has 0 spiro atoms. The molecule has 0 aliphatic rings. The van der Waals surface area contributed by atoms with E-state index in [2.05, 4.69) is 35.9 Å². The Kier molecular flexibility index (Phi) is 5.66. The molecule has 0 aliphatic heterocycles. The summed E-state index contributed by atoms with van der Waals surface area (Å²) in [6.45, 7) is 5.72. The van der Waals surface area contributed by atoms with E-state index < -0.39 is 0 Å². The smallest absolute Gasteiger partial charge is 0.0654 e. The Bertz CT molecular complexity index is 620. The standard InChI is InChI=1S/C17H18Cl2N2/c1-13(2)7-9-21(12-14-4-3-8-20-11-14)17-6-5-15(18)10-16(17)19/h3-8,10-11H,9,12H2,1-2H3. The maximum Gasteiger partial charge on any atom is 0.0654 e. The third kappa shape index (κ3) is 4.76. The minimum Gasteiger partial charge on any atom is -0.362 e. The van der Waals surface area contributed by atoms with E-state index in [1.165, 1.54) is 5.57 Å². The molecular weight excluding hydrogens is 303 g/mol. The summed E-state index contributed by atoms with van der Waals surface area (Å²) in [4.78, 5) is 6.38. The number of halogens is 2. The molecule has 0 bridgehead atoms. The van der Waals surface area contributed by atoms with Crippen molar-refractivity contribution in [3.05, 3.63) is 70.0 Å². The van der Waals surface area contributed by atoms with Crippen molar-refractivity contribution in [2.24, 2.45) is 0 Å². The molecule has 4 heteroatoms. The van der Waals surface area contributed by atoms with E-state index in [9.17, 15) is 0 Å². The minimum absolute atomic E-state index is 0.646. The molecule has 0 fully saturated rings. The number of pyridine rings is 1. The molecule has 1 aromatic heterocycles. The van der Waals surface area contributed by atoms with Gasteiger partial charge in [0.25, 0.3) is 0 Å². The number of nitrogens with zero attached hydrogens (tertiary/aromatic N) is 2. The van der Waals surface area contributed by atoms with Crippen LogP contribution in [-0.4, -0.2) is 11.5 Å². The van der Waals surface area contributed by atoms with Gasteiger partial charge in [-0.15, -0.1) is 0 Å². The van der Waals surface area contributed by atoms with Crippen LogP contribution in [0.25, 0.3) is 0 Å². The van der Waals surface area contributed by atoms with Gasteiger partial charge in [-0.1, -0.05) is 40.9 Å². The summed E-state index contributed by atoms with van der Waals surface area (Å²) in [5.41, 5.74) is 3.39. The average molecular weight is 321 g/mol. The van der Waals surface area contributed by atoms with Crippen molar-refractivity contribution in [2.45, 2.75) is 20.4 Å². The van der Waals surface area contributed by atoms with Crippen molar-refractivity contribution in [3.63, 3.8) is 0 Å². The van der Waals surface area contributed by atoms with E-state index in [-0.39, 0.29) is 0 Å². The normalized spacial score (nSPS) is 10.3. The van der Waals surface area contributed by atoms with Gasteiger partial charge < -0.3 is 4.90 Å². The van der Waals surface area contributed by atoms with Crippen LogP contribution < -0.4 is 4.90 Å². The molecule has 0 unspecified atom stereocenters. The fourth-order valence-corrected chi connectivity index (χ4v) is 2.52. The van der Waals surface area contributed by atoms with Gasteiger partial charge in [-0.25, -0.2) is 0 Å². The molecule has 1 heterocycles. The maximum absolute atomic E-state index is 6.34. The summed E-state index contributed by atoms with van der Waals surface area (Å²) >= 11 is 12.3. The number of rotatable bonds is 5. The highest BCUT2D eigenvalue weighted by atomic mass is 35.5. The Morgan fingerprint density at radius 3 is 2.67 bits per heavy atom. The van der Waals surface area contributed by atoms with Crippen LogP contribution in [0.3, 0.4) is 0 Å². The third-order valence-corrected chi connectivity index (χ3v) is 3.60. The molecular formula is C17H18Cl2N2. The van der Waals surface area contributed by atoms with E-state index >= 15 is 0 Å². The Morgan fingerprint density at radius 2 is 2.05 bits per heavy atom. The highest BCUT2D eigenvalue weighted by Gasteiger charge is 2.10. The van der Waals surface area contributed by atoms with Crippen molar-refractivity contribution in [2.75, 3.05) is 11.4 Å². The first kappa shape index (κ1) is 15.9. The molecule has 110 valence electrons. The molecule has 2 rings (SSSR count). The molecule has 0 saturated heterocycles. The summed E-state index contributed by atoms with van der Waals surface area (Å²) in [5, 5.41) is 1.31. The monoisotopic (exact) mass is 320 g/mol. The van der Waals surface area contributed by atoms with E-state index in [4.69, 9.17) is 23.2 Å². The van der Waals surface area contributed by atoms with Crippen molar-refractivity contribution >= 4 is 28.9 Å². The fraction of sp³-hybridized carbons (Fsp3) is 0.235. The lowest BCUT2D eigenvalue weighted by Gasteiger charge is -2.25.